The van der Waals surface area contributed by atoms with Crippen LogP contribution in [0, 0.1) is 32.1 Å². The predicted molar refractivity (Wildman–Crippen MR) is 155 cm³/mol. The molecule has 8 nitrogen and oxygen atoms in total. The van der Waals surface area contributed by atoms with E-state index in [9.17, 15) is 9.59 Å². The molecule has 9 heteroatoms. The minimum atomic E-state index is -0.471. The van der Waals surface area contributed by atoms with Crippen molar-refractivity contribution < 1.29 is 50.3 Å². The van der Waals surface area contributed by atoms with Crippen LogP contribution in [0.2, 0.25) is 0 Å². The number of ketones is 1. The number of nitrogens with one attached hydrogen (secondary N) is 2. The number of aliphatic hydroxyl groups excluding tert-OH is 2. The molecular formula is C29H62N2O6W. The molecule has 230 valence electrons. The van der Waals surface area contributed by atoms with E-state index in [0.29, 0.717) is 26.1 Å². The van der Waals surface area contributed by atoms with Gasteiger partial charge in [0, 0.05) is 25.2 Å². The van der Waals surface area contributed by atoms with E-state index >= 15 is 0 Å². The smallest absolute Gasteiger partial charge is 0.400 e. The fraction of sp³-hybridized carbons (Fsp3) is 0.862. The van der Waals surface area contributed by atoms with Crippen molar-refractivity contribution in [2.24, 2.45) is 17.8 Å². The molecule has 0 bridgehead atoms. The summed E-state index contributed by atoms with van der Waals surface area (Å²) < 4.78 is 11.8. The van der Waals surface area contributed by atoms with Gasteiger partial charge in [-0.05, 0) is 52.4 Å². The number of carbonyl (C=O) groups excluding carboxylic acids is 2. The summed E-state index contributed by atoms with van der Waals surface area (Å²) in [4.78, 5) is 23.9. The standard InChI is InChI=1S/C21H41N2O5.C6H14.CH4O.CH3.W/c1-8-16(3)18(25)12-23-19(26)13-22-17(14-27-20(4,5)9-2)15-28-21(6,7)10-11-24;1-5(2)6(3)4;1-2;;/h16-17,22,24H,2,8-15H2,1,3-7H3,(H,23,26);5-6H,1-4H3;2H,1H3;1H3;/q-1;;;-1;+2. The van der Waals surface area contributed by atoms with E-state index < -0.39 is 5.60 Å². The predicted octanol–water partition coefficient (Wildman–Crippen LogP) is 4.23. The average molecular weight is 719 g/mol. The van der Waals surface area contributed by atoms with Crippen LogP contribution in [0.1, 0.15) is 88.5 Å². The number of Topliss-reactive ketones (excluding diaryl/α,β-unsaturated/α-hetero) is 1. The Labute approximate surface area is 250 Å². The van der Waals surface area contributed by atoms with E-state index in [2.05, 4.69) is 45.3 Å². The molecule has 0 heterocycles. The maximum atomic E-state index is 12.1. The van der Waals surface area contributed by atoms with Gasteiger partial charge in [-0.15, -0.1) is 0 Å². The van der Waals surface area contributed by atoms with Gasteiger partial charge in [0.1, 0.15) is 0 Å². The van der Waals surface area contributed by atoms with Gasteiger partial charge in [-0.2, -0.15) is 6.42 Å². The number of amides is 1. The van der Waals surface area contributed by atoms with Gasteiger partial charge < -0.3 is 44.7 Å². The fourth-order valence-corrected chi connectivity index (χ4v) is 2.12. The summed E-state index contributed by atoms with van der Waals surface area (Å²) >= 11 is 0. The Balaban J connectivity index is -0.000000317. The van der Waals surface area contributed by atoms with Gasteiger partial charge in [0.2, 0.25) is 5.91 Å². The largest absolute Gasteiger partial charge is 2.00 e. The van der Waals surface area contributed by atoms with Crippen LogP contribution in [0.5, 0.6) is 0 Å². The molecule has 0 aromatic carbocycles. The number of hydrogen-bond donors (Lipinski definition) is 4. The molecule has 0 saturated heterocycles. The third kappa shape index (κ3) is 28.6. The molecule has 0 aliphatic rings. The van der Waals surface area contributed by atoms with Crippen LogP contribution in [0.4, 0.5) is 0 Å². The first-order chi connectivity index (χ1) is 16.6. The summed E-state index contributed by atoms with van der Waals surface area (Å²) in [5, 5.41) is 21.9. The van der Waals surface area contributed by atoms with Gasteiger partial charge in [-0.3, -0.25) is 9.59 Å². The summed E-state index contributed by atoms with van der Waals surface area (Å²) in [5.41, 5.74) is -0.840. The van der Waals surface area contributed by atoms with Crippen LogP contribution in [-0.2, 0) is 40.1 Å². The third-order valence-electron chi connectivity index (χ3n) is 6.17. The maximum absolute atomic E-state index is 12.1. The molecule has 0 aromatic heterocycles. The van der Waals surface area contributed by atoms with Crippen LogP contribution >= 0.6 is 0 Å². The van der Waals surface area contributed by atoms with E-state index in [-0.39, 0.29) is 77.4 Å². The van der Waals surface area contributed by atoms with Crippen LogP contribution in [0.25, 0.3) is 0 Å². The molecule has 0 spiro atoms. The first-order valence-electron chi connectivity index (χ1n) is 13.3. The Kier molecular flexibility index (Phi) is 33.5. The van der Waals surface area contributed by atoms with Crippen molar-refractivity contribution in [2.45, 2.75) is 106 Å². The quantitative estimate of drug-likeness (QED) is 0.167. The van der Waals surface area contributed by atoms with Gasteiger partial charge in [0.25, 0.3) is 0 Å². The molecule has 4 N–H and O–H groups in total. The molecule has 0 aliphatic heterocycles. The number of hydrogen-bond acceptors (Lipinski definition) is 7. The third-order valence-corrected chi connectivity index (χ3v) is 6.17. The maximum Gasteiger partial charge on any atom is 2.00 e. The second kappa shape index (κ2) is 26.8. The second-order valence-corrected chi connectivity index (χ2v) is 11.0. The summed E-state index contributed by atoms with van der Waals surface area (Å²) in [5.74, 6) is 1.44. The van der Waals surface area contributed by atoms with Gasteiger partial charge in [0.05, 0.1) is 37.9 Å². The Morgan fingerprint density at radius 3 is 1.71 bits per heavy atom. The van der Waals surface area contributed by atoms with Crippen LogP contribution in [0.15, 0.2) is 0 Å². The van der Waals surface area contributed by atoms with Crippen LogP contribution < -0.4 is 10.6 Å². The number of rotatable bonds is 17. The molecule has 0 fully saturated rings. The van der Waals surface area contributed by atoms with Crippen LogP contribution in [0.3, 0.4) is 0 Å². The number of ether oxygens (including phenoxy) is 2. The number of aliphatic hydroxyl groups is 2. The molecular weight excluding hydrogens is 656 g/mol. The minimum absolute atomic E-state index is 0. The first kappa shape index (κ1) is 47.4. The van der Waals surface area contributed by atoms with E-state index in [0.717, 1.165) is 25.4 Å². The molecule has 0 rings (SSSR count). The molecule has 38 heavy (non-hydrogen) atoms. The van der Waals surface area contributed by atoms with Gasteiger partial charge in [-0.1, -0.05) is 41.5 Å². The zero-order valence-corrected chi connectivity index (χ0v) is 29.5. The molecule has 0 aromatic rings. The monoisotopic (exact) mass is 718 g/mol. The van der Waals surface area contributed by atoms with Gasteiger partial charge in [-0.25, -0.2) is 0 Å². The van der Waals surface area contributed by atoms with E-state index in [4.69, 9.17) is 19.7 Å². The molecule has 0 radical (unpaired) electrons. The van der Waals surface area contributed by atoms with E-state index in [1.54, 1.807) is 0 Å². The molecule has 2 atom stereocenters. The molecule has 1 amide bonds. The van der Waals surface area contributed by atoms with E-state index in [1.807, 2.05) is 41.5 Å². The fourth-order valence-electron chi connectivity index (χ4n) is 2.12. The van der Waals surface area contributed by atoms with Crippen molar-refractivity contribution in [3.8, 4) is 0 Å². The van der Waals surface area contributed by atoms with Crippen molar-refractivity contribution in [1.82, 2.24) is 10.6 Å². The van der Waals surface area contributed by atoms with Crippen molar-refractivity contribution in [2.75, 3.05) is 40.0 Å². The Morgan fingerprint density at radius 1 is 0.895 bits per heavy atom. The average Bonchev–Trinajstić information content (AvgIpc) is 2.82. The van der Waals surface area contributed by atoms with Gasteiger partial charge in [0.15, 0.2) is 5.78 Å². The number of carbonyl (C=O) groups is 2. The normalized spacial score (nSPS) is 12.6. The second-order valence-electron chi connectivity index (χ2n) is 11.0. The summed E-state index contributed by atoms with van der Waals surface area (Å²) in [6.07, 6.45) is 1.90. The van der Waals surface area contributed by atoms with Gasteiger partial charge >= 0.3 is 21.1 Å². The Hall–Kier alpha value is -0.372. The Bertz CT molecular complexity index is 551. The summed E-state index contributed by atoms with van der Waals surface area (Å²) in [7, 11) is 1.00. The Morgan fingerprint density at radius 2 is 1.34 bits per heavy atom. The zero-order chi connectivity index (χ0) is 28.9. The van der Waals surface area contributed by atoms with Crippen molar-refractivity contribution in [3.63, 3.8) is 0 Å². The van der Waals surface area contributed by atoms with E-state index in [1.165, 1.54) is 0 Å². The SMILES string of the molecule is CC(C)C(C)C.CO.[CH2-]CC(C)(C)OCC(COC(C)(C)CCO)NCC(=O)NCC(=O)C(C)CC.[CH3-].[W+2]. The summed E-state index contributed by atoms with van der Waals surface area (Å²) in [6.45, 7) is 25.2. The van der Waals surface area contributed by atoms with Crippen molar-refractivity contribution >= 4 is 11.7 Å². The topological polar surface area (TPSA) is 117 Å². The first-order valence-corrected chi connectivity index (χ1v) is 13.3. The zero-order valence-electron chi connectivity index (χ0n) is 26.6. The van der Waals surface area contributed by atoms with Crippen LogP contribution in [-0.4, -0.2) is 79.2 Å². The minimum Gasteiger partial charge on any atom is -0.400 e. The molecule has 2 unspecified atom stereocenters. The molecule has 0 saturated carbocycles. The summed E-state index contributed by atoms with van der Waals surface area (Å²) in [6, 6.07) is -0.209. The van der Waals surface area contributed by atoms with Crippen molar-refractivity contribution in [3.05, 3.63) is 14.4 Å². The molecule has 0 aliphatic carbocycles. The van der Waals surface area contributed by atoms with Crippen molar-refractivity contribution in [1.29, 1.82) is 0 Å².